The molecule has 0 saturated carbocycles. The third-order valence-corrected chi connectivity index (χ3v) is 3.46. The molecule has 124 valence electrons. The van der Waals surface area contributed by atoms with E-state index in [1.165, 1.54) is 24.3 Å². The minimum atomic E-state index is -0.795. The van der Waals surface area contributed by atoms with Crippen LogP contribution in [0.1, 0.15) is 22.8 Å². The SMILES string of the molecule is Cc1ccccc1NC(=O)C(C)NC(=O)c1cccc([N+](=O)[O-])c1. The number of non-ortho nitro benzene ring substituents is 1. The van der Waals surface area contributed by atoms with Crippen molar-refractivity contribution >= 4 is 23.2 Å². The van der Waals surface area contributed by atoms with E-state index in [1.807, 2.05) is 19.1 Å². The van der Waals surface area contributed by atoms with Crippen LogP contribution in [0.2, 0.25) is 0 Å². The molecule has 24 heavy (non-hydrogen) atoms. The van der Waals surface area contributed by atoms with Crippen LogP contribution in [0.15, 0.2) is 48.5 Å². The Morgan fingerprint density at radius 2 is 1.83 bits per heavy atom. The molecule has 0 aliphatic rings. The van der Waals surface area contributed by atoms with E-state index in [0.717, 1.165) is 5.56 Å². The monoisotopic (exact) mass is 327 g/mol. The molecule has 2 rings (SSSR count). The molecule has 1 atom stereocenters. The lowest BCUT2D eigenvalue weighted by Crippen LogP contribution is -2.41. The minimum absolute atomic E-state index is 0.125. The van der Waals surface area contributed by atoms with E-state index in [2.05, 4.69) is 10.6 Å². The van der Waals surface area contributed by atoms with E-state index in [9.17, 15) is 19.7 Å². The van der Waals surface area contributed by atoms with Gasteiger partial charge in [0, 0.05) is 23.4 Å². The van der Waals surface area contributed by atoms with Gasteiger partial charge in [0.2, 0.25) is 5.91 Å². The maximum Gasteiger partial charge on any atom is 0.270 e. The van der Waals surface area contributed by atoms with Crippen molar-refractivity contribution in [3.05, 3.63) is 69.8 Å². The number of nitro groups is 1. The van der Waals surface area contributed by atoms with E-state index in [-0.39, 0.29) is 17.2 Å². The van der Waals surface area contributed by atoms with Crippen LogP contribution in [0.3, 0.4) is 0 Å². The number of carbonyl (C=O) groups is 2. The van der Waals surface area contributed by atoms with Gasteiger partial charge in [0.25, 0.3) is 11.6 Å². The van der Waals surface area contributed by atoms with Crippen LogP contribution >= 0.6 is 0 Å². The molecule has 2 aromatic carbocycles. The Hall–Kier alpha value is -3.22. The fraction of sp³-hybridized carbons (Fsp3) is 0.176. The number of hydrogen-bond acceptors (Lipinski definition) is 4. The summed E-state index contributed by atoms with van der Waals surface area (Å²) in [6, 6.07) is 11.8. The van der Waals surface area contributed by atoms with Gasteiger partial charge in [0.1, 0.15) is 6.04 Å². The summed E-state index contributed by atoms with van der Waals surface area (Å²) in [5.74, 6) is -0.922. The number of nitrogens with zero attached hydrogens (tertiary/aromatic N) is 1. The van der Waals surface area contributed by atoms with Gasteiger partial charge in [-0.2, -0.15) is 0 Å². The summed E-state index contributed by atoms with van der Waals surface area (Å²) in [6.45, 7) is 3.41. The van der Waals surface area contributed by atoms with Gasteiger partial charge in [-0.05, 0) is 31.5 Å². The Balaban J connectivity index is 2.03. The molecule has 0 saturated heterocycles. The van der Waals surface area contributed by atoms with Crippen molar-refractivity contribution in [2.75, 3.05) is 5.32 Å². The van der Waals surface area contributed by atoms with Crippen LogP contribution in [-0.4, -0.2) is 22.8 Å². The molecule has 0 bridgehead atoms. The average Bonchev–Trinajstić information content (AvgIpc) is 2.56. The van der Waals surface area contributed by atoms with Crippen LogP contribution in [-0.2, 0) is 4.79 Å². The Bertz CT molecular complexity index is 789. The molecule has 7 nitrogen and oxygen atoms in total. The number of benzene rings is 2. The highest BCUT2D eigenvalue weighted by atomic mass is 16.6. The smallest absolute Gasteiger partial charge is 0.270 e. The Kier molecular flexibility index (Phi) is 5.26. The quantitative estimate of drug-likeness (QED) is 0.651. The average molecular weight is 327 g/mol. The van der Waals surface area contributed by atoms with Crippen LogP contribution < -0.4 is 10.6 Å². The molecule has 0 fully saturated rings. The topological polar surface area (TPSA) is 101 Å². The molecule has 0 spiro atoms. The van der Waals surface area contributed by atoms with Crippen LogP contribution in [0, 0.1) is 17.0 Å². The van der Waals surface area contributed by atoms with Crippen molar-refractivity contribution in [2.45, 2.75) is 19.9 Å². The van der Waals surface area contributed by atoms with Crippen molar-refractivity contribution in [2.24, 2.45) is 0 Å². The molecular weight excluding hydrogens is 310 g/mol. The summed E-state index contributed by atoms with van der Waals surface area (Å²) in [6.07, 6.45) is 0. The third-order valence-electron chi connectivity index (χ3n) is 3.46. The van der Waals surface area contributed by atoms with E-state index >= 15 is 0 Å². The van der Waals surface area contributed by atoms with E-state index in [1.54, 1.807) is 19.1 Å². The van der Waals surface area contributed by atoms with Gasteiger partial charge >= 0.3 is 0 Å². The zero-order valence-electron chi connectivity index (χ0n) is 13.3. The number of nitrogens with one attached hydrogen (secondary N) is 2. The second-order valence-electron chi connectivity index (χ2n) is 5.31. The van der Waals surface area contributed by atoms with Crippen LogP contribution in [0.5, 0.6) is 0 Å². The van der Waals surface area contributed by atoms with Gasteiger partial charge in [0.15, 0.2) is 0 Å². The fourth-order valence-corrected chi connectivity index (χ4v) is 2.06. The van der Waals surface area contributed by atoms with Crippen LogP contribution in [0.4, 0.5) is 11.4 Å². The lowest BCUT2D eigenvalue weighted by atomic mass is 10.1. The number of aryl methyl sites for hydroxylation is 1. The summed E-state index contributed by atoms with van der Waals surface area (Å²) < 4.78 is 0. The first-order valence-corrected chi connectivity index (χ1v) is 7.30. The maximum absolute atomic E-state index is 12.2. The fourth-order valence-electron chi connectivity index (χ4n) is 2.06. The summed E-state index contributed by atoms with van der Waals surface area (Å²) in [4.78, 5) is 34.5. The van der Waals surface area contributed by atoms with Crippen LogP contribution in [0.25, 0.3) is 0 Å². The molecule has 0 aromatic heterocycles. The zero-order valence-corrected chi connectivity index (χ0v) is 13.3. The first-order chi connectivity index (χ1) is 11.4. The molecule has 7 heteroatoms. The standard InChI is InChI=1S/C17H17N3O4/c1-11-6-3-4-9-15(11)19-16(21)12(2)18-17(22)13-7-5-8-14(10-13)20(23)24/h3-10,12H,1-2H3,(H,18,22)(H,19,21). The normalized spacial score (nSPS) is 11.4. The summed E-state index contributed by atoms with van der Waals surface area (Å²) in [5, 5.41) is 16.0. The summed E-state index contributed by atoms with van der Waals surface area (Å²) >= 11 is 0. The minimum Gasteiger partial charge on any atom is -0.341 e. The number of hydrogen-bond donors (Lipinski definition) is 2. The maximum atomic E-state index is 12.2. The zero-order chi connectivity index (χ0) is 17.7. The highest BCUT2D eigenvalue weighted by Crippen LogP contribution is 2.14. The first kappa shape index (κ1) is 17.1. The number of rotatable bonds is 5. The second kappa shape index (κ2) is 7.36. The molecular formula is C17H17N3O4. The Morgan fingerprint density at radius 1 is 1.12 bits per heavy atom. The second-order valence-corrected chi connectivity index (χ2v) is 5.31. The van der Waals surface area contributed by atoms with Crippen molar-refractivity contribution in [3.8, 4) is 0 Å². The molecule has 0 heterocycles. The molecule has 2 aromatic rings. The predicted octanol–water partition coefficient (Wildman–Crippen LogP) is 2.66. The van der Waals surface area contributed by atoms with Gasteiger partial charge in [0.05, 0.1) is 4.92 Å². The first-order valence-electron chi connectivity index (χ1n) is 7.30. The van der Waals surface area contributed by atoms with Gasteiger partial charge in [-0.15, -0.1) is 0 Å². The van der Waals surface area contributed by atoms with Crippen molar-refractivity contribution < 1.29 is 14.5 Å². The van der Waals surface area contributed by atoms with E-state index in [0.29, 0.717) is 5.69 Å². The predicted molar refractivity (Wildman–Crippen MR) is 89.8 cm³/mol. The Labute approximate surface area is 138 Å². The summed E-state index contributed by atoms with van der Waals surface area (Å²) in [5.41, 5.74) is 1.52. The number of carbonyl (C=O) groups excluding carboxylic acids is 2. The number of amides is 2. The van der Waals surface area contributed by atoms with Gasteiger partial charge in [-0.1, -0.05) is 24.3 Å². The molecule has 1 unspecified atom stereocenters. The lowest BCUT2D eigenvalue weighted by Gasteiger charge is -2.15. The van der Waals surface area contributed by atoms with E-state index < -0.39 is 16.9 Å². The highest BCUT2D eigenvalue weighted by Gasteiger charge is 2.18. The Morgan fingerprint density at radius 3 is 2.50 bits per heavy atom. The van der Waals surface area contributed by atoms with Gasteiger partial charge in [-0.3, -0.25) is 19.7 Å². The largest absolute Gasteiger partial charge is 0.341 e. The summed E-state index contributed by atoms with van der Waals surface area (Å²) in [7, 11) is 0. The van der Waals surface area contributed by atoms with Crippen molar-refractivity contribution in [1.29, 1.82) is 0 Å². The molecule has 2 N–H and O–H groups in total. The number of para-hydroxylation sites is 1. The van der Waals surface area contributed by atoms with Crippen molar-refractivity contribution in [1.82, 2.24) is 5.32 Å². The lowest BCUT2D eigenvalue weighted by molar-refractivity contribution is -0.384. The highest BCUT2D eigenvalue weighted by molar-refractivity contribution is 6.01. The van der Waals surface area contributed by atoms with Gasteiger partial charge in [-0.25, -0.2) is 0 Å². The molecule has 2 amide bonds. The van der Waals surface area contributed by atoms with Gasteiger partial charge < -0.3 is 10.6 Å². The van der Waals surface area contributed by atoms with Crippen molar-refractivity contribution in [3.63, 3.8) is 0 Å². The molecule has 0 aliphatic carbocycles. The number of anilines is 1. The third kappa shape index (κ3) is 4.16. The molecule has 0 aliphatic heterocycles. The van der Waals surface area contributed by atoms with E-state index in [4.69, 9.17) is 0 Å². The molecule has 0 radical (unpaired) electrons. The number of nitro benzene ring substituents is 1.